The highest BCUT2D eigenvalue weighted by Gasteiger charge is 2.23. The van der Waals surface area contributed by atoms with Crippen LogP contribution in [0.5, 0.6) is 5.75 Å². The third-order valence-corrected chi connectivity index (χ3v) is 4.22. The Morgan fingerprint density at radius 2 is 2.04 bits per heavy atom. The second-order valence-electron chi connectivity index (χ2n) is 6.19. The van der Waals surface area contributed by atoms with Crippen LogP contribution in [-0.4, -0.2) is 29.6 Å². The maximum atomic E-state index is 13.7. The zero-order valence-electron chi connectivity index (χ0n) is 15.1. The van der Waals surface area contributed by atoms with E-state index in [1.807, 2.05) is 0 Å². The van der Waals surface area contributed by atoms with Crippen molar-refractivity contribution < 1.29 is 28.2 Å². The van der Waals surface area contributed by atoms with E-state index in [-0.39, 0.29) is 17.9 Å². The van der Waals surface area contributed by atoms with E-state index in [1.165, 1.54) is 12.1 Å². The maximum Gasteiger partial charge on any atom is 0.256 e. The lowest BCUT2D eigenvalue weighted by molar-refractivity contribution is -0.120. The summed E-state index contributed by atoms with van der Waals surface area (Å²) in [5.41, 5.74) is 6.53. The molecule has 0 aliphatic carbocycles. The highest BCUT2D eigenvalue weighted by Crippen LogP contribution is 2.27. The summed E-state index contributed by atoms with van der Waals surface area (Å²) in [6.45, 7) is 1.09. The van der Waals surface area contributed by atoms with Gasteiger partial charge < -0.3 is 25.3 Å². The number of rotatable bonds is 7. The Morgan fingerprint density at radius 3 is 2.71 bits per heavy atom. The standard InChI is InChI=1S/C20H19FN2O5/c1-11-18(20(26)23-15(9-24)19(22)25)13-8-12(6-7-16(13)28-11)10-27-17-5-3-2-4-14(17)21/h2-8,15,24H,9-10H2,1H3,(H2,22,25)(H,23,26). The van der Waals surface area contributed by atoms with Crippen LogP contribution in [-0.2, 0) is 11.4 Å². The minimum atomic E-state index is -1.20. The first-order chi connectivity index (χ1) is 13.4. The van der Waals surface area contributed by atoms with Crippen molar-refractivity contribution in [2.24, 2.45) is 5.73 Å². The Labute approximate surface area is 159 Å². The predicted molar refractivity (Wildman–Crippen MR) is 99.2 cm³/mol. The molecular weight excluding hydrogens is 367 g/mol. The topological polar surface area (TPSA) is 115 Å². The second-order valence-corrected chi connectivity index (χ2v) is 6.19. The molecular formula is C20H19FN2O5. The highest BCUT2D eigenvalue weighted by molar-refractivity contribution is 6.08. The van der Waals surface area contributed by atoms with Gasteiger partial charge in [-0.25, -0.2) is 4.39 Å². The van der Waals surface area contributed by atoms with Crippen LogP contribution in [0.15, 0.2) is 46.9 Å². The van der Waals surface area contributed by atoms with E-state index < -0.39 is 30.3 Å². The van der Waals surface area contributed by atoms with Crippen molar-refractivity contribution in [2.45, 2.75) is 19.6 Å². The van der Waals surface area contributed by atoms with Gasteiger partial charge in [-0.1, -0.05) is 18.2 Å². The molecule has 146 valence electrons. The van der Waals surface area contributed by atoms with Crippen molar-refractivity contribution in [3.8, 4) is 5.75 Å². The van der Waals surface area contributed by atoms with Crippen LogP contribution in [0, 0.1) is 12.7 Å². The van der Waals surface area contributed by atoms with Gasteiger partial charge in [0, 0.05) is 5.39 Å². The van der Waals surface area contributed by atoms with Gasteiger partial charge in [0.25, 0.3) is 5.91 Å². The molecule has 3 rings (SSSR count). The average Bonchev–Trinajstić information content (AvgIpc) is 3.00. The monoisotopic (exact) mass is 386 g/mol. The molecule has 0 bridgehead atoms. The number of furan rings is 1. The molecule has 1 unspecified atom stereocenters. The van der Waals surface area contributed by atoms with Gasteiger partial charge >= 0.3 is 0 Å². The molecule has 2 amide bonds. The Morgan fingerprint density at radius 1 is 1.29 bits per heavy atom. The van der Waals surface area contributed by atoms with Crippen molar-refractivity contribution in [1.29, 1.82) is 0 Å². The second kappa shape index (κ2) is 8.10. The fourth-order valence-corrected chi connectivity index (χ4v) is 2.80. The molecule has 0 aliphatic heterocycles. The number of carbonyl (C=O) groups is 2. The highest BCUT2D eigenvalue weighted by atomic mass is 19.1. The molecule has 0 saturated carbocycles. The number of para-hydroxylation sites is 1. The SMILES string of the molecule is Cc1oc2ccc(COc3ccccc3F)cc2c1C(=O)NC(CO)C(N)=O. The maximum absolute atomic E-state index is 13.7. The van der Waals surface area contributed by atoms with E-state index in [0.717, 1.165) is 0 Å². The number of benzene rings is 2. The Balaban J connectivity index is 1.86. The molecule has 0 radical (unpaired) electrons. The number of aliphatic hydroxyl groups excluding tert-OH is 1. The number of ether oxygens (including phenoxy) is 1. The van der Waals surface area contributed by atoms with Gasteiger partial charge in [-0.05, 0) is 36.8 Å². The summed E-state index contributed by atoms with van der Waals surface area (Å²) in [6.07, 6.45) is 0. The summed E-state index contributed by atoms with van der Waals surface area (Å²) in [5, 5.41) is 12.1. The number of hydrogen-bond acceptors (Lipinski definition) is 5. The lowest BCUT2D eigenvalue weighted by atomic mass is 10.1. The predicted octanol–water partition coefficient (Wildman–Crippen LogP) is 2.04. The molecule has 0 fully saturated rings. The van der Waals surface area contributed by atoms with E-state index in [4.69, 9.17) is 14.9 Å². The fraction of sp³-hybridized carbons (Fsp3) is 0.200. The van der Waals surface area contributed by atoms with Crippen molar-refractivity contribution in [1.82, 2.24) is 5.32 Å². The van der Waals surface area contributed by atoms with Crippen molar-refractivity contribution in [3.63, 3.8) is 0 Å². The molecule has 28 heavy (non-hydrogen) atoms. The third kappa shape index (κ3) is 3.96. The lowest BCUT2D eigenvalue weighted by Crippen LogP contribution is -2.46. The number of halogens is 1. The molecule has 3 aromatic rings. The van der Waals surface area contributed by atoms with E-state index in [0.29, 0.717) is 22.3 Å². The van der Waals surface area contributed by atoms with Crippen LogP contribution in [0.3, 0.4) is 0 Å². The first kappa shape index (κ1) is 19.4. The van der Waals surface area contributed by atoms with Crippen molar-refractivity contribution >= 4 is 22.8 Å². The van der Waals surface area contributed by atoms with Gasteiger partial charge in [0.2, 0.25) is 5.91 Å². The Bertz CT molecular complexity index is 1030. The fourth-order valence-electron chi connectivity index (χ4n) is 2.80. The third-order valence-electron chi connectivity index (χ3n) is 4.22. The van der Waals surface area contributed by atoms with Gasteiger partial charge in [0.15, 0.2) is 11.6 Å². The summed E-state index contributed by atoms with van der Waals surface area (Å²) in [4.78, 5) is 23.8. The molecule has 2 aromatic carbocycles. The molecule has 4 N–H and O–H groups in total. The first-order valence-electron chi connectivity index (χ1n) is 8.51. The molecule has 0 aliphatic rings. The summed E-state index contributed by atoms with van der Waals surface area (Å²) < 4.78 is 24.8. The van der Waals surface area contributed by atoms with Crippen LogP contribution in [0.2, 0.25) is 0 Å². The van der Waals surface area contributed by atoms with Gasteiger partial charge in [-0.15, -0.1) is 0 Å². The largest absolute Gasteiger partial charge is 0.486 e. The van der Waals surface area contributed by atoms with Gasteiger partial charge in [-0.3, -0.25) is 9.59 Å². The summed E-state index contributed by atoms with van der Waals surface area (Å²) in [5.74, 6) is -1.44. The number of nitrogens with two attached hydrogens (primary N) is 1. The zero-order valence-corrected chi connectivity index (χ0v) is 15.1. The molecule has 7 nitrogen and oxygen atoms in total. The van der Waals surface area contributed by atoms with Crippen molar-refractivity contribution in [3.05, 3.63) is 65.2 Å². The van der Waals surface area contributed by atoms with Crippen LogP contribution < -0.4 is 15.8 Å². The lowest BCUT2D eigenvalue weighted by Gasteiger charge is -2.12. The van der Waals surface area contributed by atoms with Gasteiger partial charge in [-0.2, -0.15) is 0 Å². The minimum absolute atomic E-state index is 0.0860. The summed E-state index contributed by atoms with van der Waals surface area (Å²) >= 11 is 0. The normalized spacial score (nSPS) is 12.0. The summed E-state index contributed by atoms with van der Waals surface area (Å²) in [6, 6.07) is 9.97. The zero-order chi connectivity index (χ0) is 20.3. The number of fused-ring (bicyclic) bond motifs is 1. The summed E-state index contributed by atoms with van der Waals surface area (Å²) in [7, 11) is 0. The number of amides is 2. The molecule has 1 aromatic heterocycles. The van der Waals surface area contributed by atoms with E-state index in [1.54, 1.807) is 37.3 Å². The number of carbonyl (C=O) groups excluding carboxylic acids is 2. The Hall–Kier alpha value is -3.39. The van der Waals surface area contributed by atoms with Crippen molar-refractivity contribution in [2.75, 3.05) is 6.61 Å². The van der Waals surface area contributed by atoms with Crippen LogP contribution in [0.1, 0.15) is 21.7 Å². The number of nitrogens with one attached hydrogen (secondary N) is 1. The van der Waals surface area contributed by atoms with Gasteiger partial charge in [0.05, 0.1) is 12.2 Å². The molecule has 1 heterocycles. The number of hydrogen-bond donors (Lipinski definition) is 3. The Kier molecular flexibility index (Phi) is 5.60. The molecule has 0 saturated heterocycles. The van der Waals surface area contributed by atoms with E-state index in [2.05, 4.69) is 5.32 Å². The van der Waals surface area contributed by atoms with E-state index in [9.17, 15) is 19.1 Å². The average molecular weight is 386 g/mol. The smallest absolute Gasteiger partial charge is 0.256 e. The number of aryl methyl sites for hydroxylation is 1. The minimum Gasteiger partial charge on any atom is -0.486 e. The van der Waals surface area contributed by atoms with Crippen LogP contribution in [0.25, 0.3) is 11.0 Å². The quantitative estimate of drug-likeness (QED) is 0.575. The van der Waals surface area contributed by atoms with E-state index >= 15 is 0 Å². The molecule has 0 spiro atoms. The van der Waals surface area contributed by atoms with Crippen LogP contribution >= 0.6 is 0 Å². The number of aliphatic hydroxyl groups is 1. The first-order valence-corrected chi connectivity index (χ1v) is 8.51. The van der Waals surface area contributed by atoms with Crippen LogP contribution in [0.4, 0.5) is 4.39 Å². The molecule has 1 atom stereocenters. The molecule has 8 heteroatoms. The number of primary amides is 1. The van der Waals surface area contributed by atoms with Gasteiger partial charge in [0.1, 0.15) is 24.0 Å².